The van der Waals surface area contributed by atoms with Gasteiger partial charge >= 0.3 is 0 Å². The average molecular weight is 309 g/mol. The third-order valence-corrected chi connectivity index (χ3v) is 4.40. The molecule has 0 amide bonds. The van der Waals surface area contributed by atoms with E-state index in [0.29, 0.717) is 17.2 Å². The molecule has 4 nitrogen and oxygen atoms in total. The molecule has 1 heterocycles. The second-order valence-corrected chi connectivity index (χ2v) is 7.54. The van der Waals surface area contributed by atoms with Crippen LogP contribution in [0, 0.1) is 11.3 Å². The first-order valence-corrected chi connectivity index (χ1v) is 8.98. The second-order valence-electron chi connectivity index (χ2n) is 6.76. The number of hydrogen-bond donors (Lipinski definition) is 1. The van der Waals surface area contributed by atoms with Gasteiger partial charge in [-0.15, -0.1) is 0 Å². The summed E-state index contributed by atoms with van der Waals surface area (Å²) in [6.45, 7) is 9.88. The molecule has 1 saturated carbocycles. The highest BCUT2D eigenvalue weighted by Crippen LogP contribution is 2.40. The van der Waals surface area contributed by atoms with Crippen molar-refractivity contribution in [1.82, 2.24) is 9.97 Å². The summed E-state index contributed by atoms with van der Waals surface area (Å²) in [6, 6.07) is 1.91. The summed E-state index contributed by atoms with van der Waals surface area (Å²) in [7, 11) is 0. The number of nitrogens with zero attached hydrogens (tertiary/aromatic N) is 2. The highest BCUT2D eigenvalue weighted by molar-refractivity contribution is 7.98. The minimum atomic E-state index is 0.253. The van der Waals surface area contributed by atoms with Crippen molar-refractivity contribution < 1.29 is 4.74 Å². The van der Waals surface area contributed by atoms with Crippen molar-refractivity contribution in [2.45, 2.75) is 58.2 Å². The number of hydrogen-bond acceptors (Lipinski definition) is 5. The molecule has 118 valence electrons. The lowest BCUT2D eigenvalue weighted by Gasteiger charge is -2.38. The smallest absolute Gasteiger partial charge is 0.219 e. The van der Waals surface area contributed by atoms with Gasteiger partial charge in [-0.25, -0.2) is 4.98 Å². The first kappa shape index (κ1) is 16.4. The molecule has 1 aliphatic carbocycles. The van der Waals surface area contributed by atoms with E-state index in [9.17, 15) is 0 Å². The minimum absolute atomic E-state index is 0.253. The zero-order valence-electron chi connectivity index (χ0n) is 13.8. The first-order chi connectivity index (χ1) is 9.91. The van der Waals surface area contributed by atoms with Gasteiger partial charge in [0.1, 0.15) is 11.9 Å². The number of nitrogens with one attached hydrogen (secondary N) is 1. The summed E-state index contributed by atoms with van der Waals surface area (Å²) >= 11 is 1.54. The van der Waals surface area contributed by atoms with Crippen LogP contribution in [0.4, 0.5) is 5.82 Å². The predicted octanol–water partition coefficient (Wildman–Crippen LogP) is 4.22. The zero-order chi connectivity index (χ0) is 15.5. The second kappa shape index (κ2) is 6.86. The van der Waals surface area contributed by atoms with Crippen molar-refractivity contribution in [2.24, 2.45) is 11.3 Å². The molecule has 0 aromatic carbocycles. The fourth-order valence-corrected chi connectivity index (χ4v) is 3.72. The van der Waals surface area contributed by atoms with Gasteiger partial charge in [-0.1, -0.05) is 32.5 Å². The third-order valence-electron chi connectivity index (χ3n) is 3.86. The van der Waals surface area contributed by atoms with Crippen LogP contribution < -0.4 is 10.1 Å². The highest BCUT2D eigenvalue weighted by atomic mass is 32.2. The Labute approximate surface area is 132 Å². The summed E-state index contributed by atoms with van der Waals surface area (Å²) < 4.78 is 6.19. The fraction of sp³-hybridized carbons (Fsp3) is 0.750. The Morgan fingerprint density at radius 3 is 2.76 bits per heavy atom. The molecule has 2 rings (SSSR count). The topological polar surface area (TPSA) is 47.0 Å². The number of anilines is 1. The number of rotatable bonds is 5. The molecule has 2 atom stereocenters. The van der Waals surface area contributed by atoms with Gasteiger partial charge in [0, 0.05) is 12.6 Å². The maximum Gasteiger partial charge on any atom is 0.219 e. The molecular weight excluding hydrogens is 282 g/mol. The van der Waals surface area contributed by atoms with Crippen molar-refractivity contribution in [3.8, 4) is 5.88 Å². The number of ether oxygens (including phenoxy) is 1. The summed E-state index contributed by atoms with van der Waals surface area (Å²) in [5.74, 6) is 2.24. The Morgan fingerprint density at radius 2 is 2.14 bits per heavy atom. The Bertz CT molecular complexity index is 479. The molecule has 1 aliphatic rings. The van der Waals surface area contributed by atoms with Gasteiger partial charge in [0.25, 0.3) is 0 Å². The van der Waals surface area contributed by atoms with Crippen molar-refractivity contribution in [2.75, 3.05) is 18.1 Å². The number of aromatic nitrogens is 2. The van der Waals surface area contributed by atoms with Crippen LogP contribution in [0.5, 0.6) is 5.88 Å². The maximum atomic E-state index is 6.19. The van der Waals surface area contributed by atoms with Crippen molar-refractivity contribution in [3.05, 3.63) is 6.07 Å². The Morgan fingerprint density at radius 1 is 1.38 bits per heavy atom. The maximum absolute atomic E-state index is 6.19. The van der Waals surface area contributed by atoms with E-state index in [1.807, 2.05) is 12.3 Å². The molecule has 21 heavy (non-hydrogen) atoms. The quantitative estimate of drug-likeness (QED) is 0.651. The van der Waals surface area contributed by atoms with Gasteiger partial charge in [-0.05, 0) is 43.8 Å². The Kier molecular flexibility index (Phi) is 5.36. The Hall–Kier alpha value is -0.970. The first-order valence-electron chi connectivity index (χ1n) is 7.75. The summed E-state index contributed by atoms with van der Waals surface area (Å²) in [5.41, 5.74) is 0.349. The van der Waals surface area contributed by atoms with Gasteiger partial charge in [0.15, 0.2) is 5.16 Å². The van der Waals surface area contributed by atoms with Gasteiger partial charge in [0.2, 0.25) is 5.88 Å². The van der Waals surface area contributed by atoms with Crippen LogP contribution in [-0.4, -0.2) is 28.9 Å². The summed E-state index contributed by atoms with van der Waals surface area (Å²) in [5, 5.41) is 4.00. The summed E-state index contributed by atoms with van der Waals surface area (Å²) in [6.07, 6.45) is 5.71. The van der Waals surface area contributed by atoms with Gasteiger partial charge in [-0.2, -0.15) is 4.98 Å². The highest BCUT2D eigenvalue weighted by Gasteiger charge is 2.33. The van der Waals surface area contributed by atoms with Crippen LogP contribution in [0.25, 0.3) is 0 Å². The fourth-order valence-electron chi connectivity index (χ4n) is 3.35. The van der Waals surface area contributed by atoms with Crippen LogP contribution in [0.3, 0.4) is 0 Å². The molecule has 0 spiro atoms. The third kappa shape index (κ3) is 4.77. The molecule has 2 unspecified atom stereocenters. The van der Waals surface area contributed by atoms with Crippen LogP contribution in [0.1, 0.15) is 47.0 Å². The van der Waals surface area contributed by atoms with Gasteiger partial charge in [0.05, 0.1) is 0 Å². The van der Waals surface area contributed by atoms with E-state index in [2.05, 4.69) is 43.0 Å². The minimum Gasteiger partial charge on any atom is -0.474 e. The van der Waals surface area contributed by atoms with E-state index >= 15 is 0 Å². The van der Waals surface area contributed by atoms with Crippen LogP contribution >= 0.6 is 11.8 Å². The molecule has 1 fully saturated rings. The van der Waals surface area contributed by atoms with Crippen molar-refractivity contribution in [3.63, 3.8) is 0 Å². The molecule has 0 saturated heterocycles. The van der Waals surface area contributed by atoms with Crippen molar-refractivity contribution in [1.29, 1.82) is 0 Å². The molecular formula is C16H27N3OS. The van der Waals surface area contributed by atoms with Gasteiger partial charge < -0.3 is 10.1 Å². The van der Waals surface area contributed by atoms with Crippen LogP contribution in [0.2, 0.25) is 0 Å². The average Bonchev–Trinajstić information content (AvgIpc) is 2.36. The SMILES string of the molecule is CCNc1cc(OC2CC(C)CC(C)(C)C2)nc(SC)n1. The Balaban J connectivity index is 2.12. The van der Waals surface area contributed by atoms with E-state index in [1.165, 1.54) is 6.42 Å². The largest absolute Gasteiger partial charge is 0.474 e. The van der Waals surface area contributed by atoms with Crippen molar-refractivity contribution >= 4 is 17.6 Å². The van der Waals surface area contributed by atoms with E-state index in [0.717, 1.165) is 30.4 Å². The summed E-state index contributed by atoms with van der Waals surface area (Å²) in [4.78, 5) is 8.93. The van der Waals surface area contributed by atoms with E-state index in [1.54, 1.807) is 11.8 Å². The lowest BCUT2D eigenvalue weighted by molar-refractivity contribution is 0.0527. The van der Waals surface area contributed by atoms with E-state index < -0.39 is 0 Å². The molecule has 0 bridgehead atoms. The van der Waals surface area contributed by atoms with Gasteiger partial charge in [-0.3, -0.25) is 0 Å². The van der Waals surface area contributed by atoms with Crippen LogP contribution in [0.15, 0.2) is 11.2 Å². The van der Waals surface area contributed by atoms with E-state index in [4.69, 9.17) is 4.74 Å². The number of thioether (sulfide) groups is 1. The molecule has 0 aliphatic heterocycles. The predicted molar refractivity (Wildman–Crippen MR) is 89.2 cm³/mol. The molecule has 1 aromatic rings. The molecule has 1 aromatic heterocycles. The molecule has 0 radical (unpaired) electrons. The van der Waals surface area contributed by atoms with E-state index in [-0.39, 0.29) is 6.10 Å². The molecule has 1 N–H and O–H groups in total. The molecule has 5 heteroatoms. The zero-order valence-corrected chi connectivity index (χ0v) is 14.6. The van der Waals surface area contributed by atoms with Crippen LogP contribution in [-0.2, 0) is 0 Å². The lowest BCUT2D eigenvalue weighted by atomic mass is 9.71. The monoisotopic (exact) mass is 309 g/mol. The lowest BCUT2D eigenvalue weighted by Crippen LogP contribution is -2.34. The standard InChI is InChI=1S/C16H27N3OS/c1-6-17-13-8-14(19-15(18-13)21-5)20-12-7-11(2)9-16(3,4)10-12/h8,11-12H,6-7,9-10H2,1-5H3,(H,17,18,19). The normalized spacial score (nSPS) is 24.6.